The van der Waals surface area contributed by atoms with Crippen molar-refractivity contribution < 1.29 is 50.3 Å². The highest BCUT2D eigenvalue weighted by Crippen LogP contribution is 2.50. The third-order valence-electron chi connectivity index (χ3n) is 8.49. The number of nitriles is 1. The second-order valence-corrected chi connectivity index (χ2v) is 16.4. The molecule has 2 aromatic carbocycles. The van der Waals surface area contributed by atoms with E-state index in [9.17, 15) is 18.1 Å². The lowest BCUT2D eigenvalue weighted by Gasteiger charge is -2.42. The molecule has 300 valence electrons. The monoisotopic (exact) mass is 816 g/mol. The average molecular weight is 817 g/mol. The molecule has 1 aromatic heterocycles. The van der Waals surface area contributed by atoms with Gasteiger partial charge in [-0.15, -0.1) is 24.9 Å². The standard InChI is InChI=1S/C39H44F3N4O8PS/c1-6-17-51-55(48,52-18-7-2)53-19-16-38(4,5)37(47)54-39(25-46-27-44-26-45-46,33-15-14-31(40)21-35(33)42)28(3)56-32-23-49-36(50-24-32)11-9-8-10-30-13-12-29(22-43)20-34(30)41/h6-15,20-21,26-28,32,36H,1-2,16-19,23-25H2,3-5H3/t28-,32?,36?,39-/m1/s1. The van der Waals surface area contributed by atoms with Gasteiger partial charge in [0.2, 0.25) is 0 Å². The number of esters is 1. The van der Waals surface area contributed by atoms with Crippen molar-refractivity contribution >= 4 is 31.6 Å². The first-order valence-corrected chi connectivity index (χ1v) is 19.8. The summed E-state index contributed by atoms with van der Waals surface area (Å²) in [5, 5.41) is 12.1. The molecule has 0 aliphatic carbocycles. The predicted molar refractivity (Wildman–Crippen MR) is 204 cm³/mol. The van der Waals surface area contributed by atoms with Crippen LogP contribution in [-0.4, -0.2) is 70.6 Å². The number of hydrogen-bond donors (Lipinski definition) is 0. The minimum Gasteiger partial charge on any atom is -0.450 e. The fraction of sp³-hybridized carbons (Fsp3) is 0.385. The van der Waals surface area contributed by atoms with E-state index >= 15 is 4.39 Å². The first-order chi connectivity index (χ1) is 26.7. The second-order valence-electron chi connectivity index (χ2n) is 13.1. The van der Waals surface area contributed by atoms with Gasteiger partial charge in [-0.1, -0.05) is 36.4 Å². The van der Waals surface area contributed by atoms with Crippen molar-refractivity contribution in [3.05, 3.63) is 127 Å². The van der Waals surface area contributed by atoms with Gasteiger partial charge in [0.1, 0.15) is 30.1 Å². The Balaban J connectivity index is 1.52. The van der Waals surface area contributed by atoms with Crippen LogP contribution in [0, 0.1) is 34.2 Å². The van der Waals surface area contributed by atoms with Crippen molar-refractivity contribution in [2.45, 2.75) is 56.1 Å². The van der Waals surface area contributed by atoms with E-state index in [1.165, 1.54) is 59.4 Å². The Morgan fingerprint density at radius 2 is 1.80 bits per heavy atom. The number of halogens is 3. The first-order valence-electron chi connectivity index (χ1n) is 17.4. The average Bonchev–Trinajstić information content (AvgIpc) is 3.68. The van der Waals surface area contributed by atoms with Crippen LogP contribution in [0.25, 0.3) is 6.08 Å². The van der Waals surface area contributed by atoms with Gasteiger partial charge < -0.3 is 14.2 Å². The number of phosphoric ester groups is 1. The van der Waals surface area contributed by atoms with Crippen LogP contribution in [0.15, 0.2) is 92.6 Å². The van der Waals surface area contributed by atoms with Crippen molar-refractivity contribution in [2.24, 2.45) is 5.41 Å². The minimum absolute atomic E-state index is 0.0195. The molecule has 0 N–H and O–H groups in total. The summed E-state index contributed by atoms with van der Waals surface area (Å²) >= 11 is 1.32. The van der Waals surface area contributed by atoms with Gasteiger partial charge in [-0.2, -0.15) is 10.4 Å². The molecular formula is C39H44F3N4O8PS. The maximum absolute atomic E-state index is 15.9. The molecule has 2 atom stereocenters. The second kappa shape index (κ2) is 20.7. The zero-order chi connectivity index (χ0) is 40.8. The highest BCUT2D eigenvalue weighted by Gasteiger charge is 2.49. The highest BCUT2D eigenvalue weighted by atomic mass is 32.2. The largest absolute Gasteiger partial charge is 0.475 e. The molecule has 1 saturated heterocycles. The highest BCUT2D eigenvalue weighted by molar-refractivity contribution is 8.00. The molecule has 1 fully saturated rings. The summed E-state index contributed by atoms with van der Waals surface area (Å²) in [7, 11) is -4.03. The van der Waals surface area contributed by atoms with Crippen molar-refractivity contribution in [3.8, 4) is 6.07 Å². The van der Waals surface area contributed by atoms with Gasteiger partial charge in [0.05, 0.1) is 61.9 Å². The Labute approximate surface area is 328 Å². The van der Waals surface area contributed by atoms with Gasteiger partial charge >= 0.3 is 13.8 Å². The fourth-order valence-corrected chi connectivity index (χ4v) is 7.82. The molecule has 56 heavy (non-hydrogen) atoms. The molecule has 3 aromatic rings. The summed E-state index contributed by atoms with van der Waals surface area (Å²) < 4.78 is 93.0. The van der Waals surface area contributed by atoms with Crippen molar-refractivity contribution in [3.63, 3.8) is 0 Å². The van der Waals surface area contributed by atoms with Crippen LogP contribution in [0.4, 0.5) is 13.2 Å². The zero-order valence-electron chi connectivity index (χ0n) is 31.2. The van der Waals surface area contributed by atoms with Crippen LogP contribution in [0.5, 0.6) is 0 Å². The van der Waals surface area contributed by atoms with Crippen molar-refractivity contribution in [1.82, 2.24) is 14.8 Å². The first kappa shape index (κ1) is 44.4. The summed E-state index contributed by atoms with van der Waals surface area (Å²) in [4.78, 5) is 18.2. The van der Waals surface area contributed by atoms with Crippen LogP contribution >= 0.6 is 19.6 Å². The zero-order valence-corrected chi connectivity index (χ0v) is 32.9. The van der Waals surface area contributed by atoms with E-state index in [2.05, 4.69) is 23.2 Å². The summed E-state index contributed by atoms with van der Waals surface area (Å²) in [6.45, 7) is 11.7. The number of aromatic nitrogens is 3. The molecule has 17 heteroatoms. The summed E-state index contributed by atoms with van der Waals surface area (Å²) in [6.07, 6.45) is 11.1. The lowest BCUT2D eigenvalue weighted by molar-refractivity contribution is -0.175. The maximum atomic E-state index is 15.9. The minimum atomic E-state index is -4.03. The van der Waals surface area contributed by atoms with E-state index < -0.39 is 53.8 Å². The number of carbonyl (C=O) groups excluding carboxylic acids is 1. The molecule has 4 rings (SSSR count). The molecule has 0 amide bonds. The number of allylic oxidation sites excluding steroid dienone is 2. The van der Waals surface area contributed by atoms with Gasteiger partial charge in [0, 0.05) is 22.4 Å². The molecule has 12 nitrogen and oxygen atoms in total. The SMILES string of the molecule is C=CCOP(=O)(OCC=C)OCCC(C)(C)C(=O)O[C@@](Cn1cncn1)(c1ccc(F)cc1F)[C@@H](C)SC1COC(C=CC=Cc2ccc(C#N)cc2F)OC1. The number of benzene rings is 2. The number of hydrogen-bond acceptors (Lipinski definition) is 12. The Morgan fingerprint density at radius 3 is 2.41 bits per heavy atom. The van der Waals surface area contributed by atoms with Crippen molar-refractivity contribution in [2.75, 3.05) is 33.0 Å². The quantitative estimate of drug-likeness (QED) is 0.0444. The molecule has 0 saturated carbocycles. The smallest absolute Gasteiger partial charge is 0.450 e. The lowest BCUT2D eigenvalue weighted by Crippen LogP contribution is -2.49. The third kappa shape index (κ3) is 12.3. The molecule has 0 unspecified atom stereocenters. The topological polar surface area (TPSA) is 144 Å². The van der Waals surface area contributed by atoms with E-state index in [1.54, 1.807) is 45.1 Å². The van der Waals surface area contributed by atoms with Crippen LogP contribution in [0.3, 0.4) is 0 Å². The number of thioether (sulfide) groups is 1. The number of ether oxygens (including phenoxy) is 3. The van der Waals surface area contributed by atoms with Crippen LogP contribution in [-0.2, 0) is 49.3 Å². The van der Waals surface area contributed by atoms with Crippen LogP contribution in [0.2, 0.25) is 0 Å². The van der Waals surface area contributed by atoms with Crippen molar-refractivity contribution in [1.29, 1.82) is 5.26 Å². The van der Waals surface area contributed by atoms with E-state index in [1.807, 2.05) is 6.07 Å². The van der Waals surface area contributed by atoms with E-state index in [0.717, 1.165) is 12.1 Å². The number of phosphoric acid groups is 1. The Morgan fingerprint density at radius 1 is 1.09 bits per heavy atom. The molecular weight excluding hydrogens is 772 g/mol. The van der Waals surface area contributed by atoms with E-state index in [-0.39, 0.29) is 62.4 Å². The van der Waals surface area contributed by atoms with Gasteiger partial charge in [-0.25, -0.2) is 27.4 Å². The molecule has 1 aliphatic rings. The number of nitrogens with zero attached hydrogens (tertiary/aromatic N) is 4. The van der Waals surface area contributed by atoms with Gasteiger partial charge in [0.15, 0.2) is 11.9 Å². The normalized spacial score (nSPS) is 18.0. The van der Waals surface area contributed by atoms with Gasteiger partial charge in [0.25, 0.3) is 0 Å². The molecule has 0 bridgehead atoms. The maximum Gasteiger partial charge on any atom is 0.475 e. The molecule has 1 aliphatic heterocycles. The lowest BCUT2D eigenvalue weighted by atomic mass is 9.86. The number of rotatable bonds is 21. The summed E-state index contributed by atoms with van der Waals surface area (Å²) in [5.41, 5.74) is -2.66. The van der Waals surface area contributed by atoms with Crippen LogP contribution in [0.1, 0.15) is 43.9 Å². The number of carbonyl (C=O) groups is 1. The fourth-order valence-electron chi connectivity index (χ4n) is 5.34. The van der Waals surface area contributed by atoms with Crippen LogP contribution < -0.4 is 0 Å². The Hall–Kier alpha value is -4.33. The predicted octanol–water partition coefficient (Wildman–Crippen LogP) is 8.08. The van der Waals surface area contributed by atoms with E-state index in [4.69, 9.17) is 33.0 Å². The van der Waals surface area contributed by atoms with E-state index in [0.29, 0.717) is 11.6 Å². The third-order valence-corrected chi connectivity index (χ3v) is 11.4. The summed E-state index contributed by atoms with van der Waals surface area (Å²) in [5.74, 6) is -3.05. The van der Waals surface area contributed by atoms with Gasteiger partial charge in [-0.05, 0) is 57.5 Å². The Kier molecular flexibility index (Phi) is 16.4. The molecule has 0 radical (unpaired) electrons. The molecule has 0 spiro atoms. The van der Waals surface area contributed by atoms with Gasteiger partial charge in [-0.3, -0.25) is 18.4 Å². The Bertz CT molecular complexity index is 1930. The molecule has 2 heterocycles. The summed E-state index contributed by atoms with van der Waals surface area (Å²) in [6, 6.07) is 9.10.